The van der Waals surface area contributed by atoms with E-state index in [-0.39, 0.29) is 13.0 Å². The molecule has 1 fully saturated rings. The van der Waals surface area contributed by atoms with Crippen molar-refractivity contribution in [2.45, 2.75) is 38.2 Å². The summed E-state index contributed by atoms with van der Waals surface area (Å²) in [6, 6.07) is 0. The molecule has 1 aliphatic heterocycles. The Kier molecular flexibility index (Phi) is 3.80. The number of esters is 1. The third-order valence-corrected chi connectivity index (χ3v) is 2.13. The van der Waals surface area contributed by atoms with E-state index in [0.29, 0.717) is 13.0 Å². The van der Waals surface area contributed by atoms with Gasteiger partial charge in [0.15, 0.2) is 0 Å². The summed E-state index contributed by atoms with van der Waals surface area (Å²) in [6.07, 6.45) is 0.344. The van der Waals surface area contributed by atoms with Gasteiger partial charge in [0.25, 0.3) is 0 Å². The lowest BCUT2D eigenvalue weighted by Crippen LogP contribution is -2.45. The number of hydrogen-bond donors (Lipinski definition) is 0. The maximum Gasteiger partial charge on any atom is 0.379 e. The lowest BCUT2D eigenvalue weighted by atomic mass is 10.0. The third-order valence-electron chi connectivity index (χ3n) is 2.13. The van der Waals surface area contributed by atoms with Crippen LogP contribution in [0, 0.1) is 0 Å². The Labute approximate surface area is 81.4 Å². The van der Waals surface area contributed by atoms with Crippen LogP contribution in [0.1, 0.15) is 26.2 Å². The monoisotopic (exact) mass is 208 g/mol. The second-order valence-electron chi connectivity index (χ2n) is 3.20. The maximum absolute atomic E-state index is 13.3. The fourth-order valence-corrected chi connectivity index (χ4v) is 1.39. The largest absolute Gasteiger partial charge is 0.461 e. The SMILES string of the molecule is CCOC(=O)C(F)(F)C1CCCCO1. The number of carbonyl (C=O) groups is 1. The molecular formula is C9H14F2O3. The topological polar surface area (TPSA) is 35.5 Å². The molecule has 0 aliphatic carbocycles. The minimum atomic E-state index is -3.50. The summed E-state index contributed by atoms with van der Waals surface area (Å²) < 4.78 is 35.7. The second-order valence-corrected chi connectivity index (χ2v) is 3.20. The van der Waals surface area contributed by atoms with Gasteiger partial charge in [0, 0.05) is 6.61 Å². The molecule has 5 heteroatoms. The van der Waals surface area contributed by atoms with Crippen molar-refractivity contribution in [3.63, 3.8) is 0 Å². The molecule has 0 amide bonds. The Morgan fingerprint density at radius 2 is 2.29 bits per heavy atom. The van der Waals surface area contributed by atoms with Gasteiger partial charge in [-0.15, -0.1) is 0 Å². The van der Waals surface area contributed by atoms with Crippen molar-refractivity contribution >= 4 is 5.97 Å². The van der Waals surface area contributed by atoms with Gasteiger partial charge < -0.3 is 9.47 Å². The van der Waals surface area contributed by atoms with Crippen molar-refractivity contribution in [1.82, 2.24) is 0 Å². The molecule has 1 atom stereocenters. The predicted octanol–water partition coefficient (Wildman–Crippen LogP) is 1.75. The second kappa shape index (κ2) is 4.68. The van der Waals surface area contributed by atoms with Crippen molar-refractivity contribution in [1.29, 1.82) is 0 Å². The first kappa shape index (κ1) is 11.4. The fraction of sp³-hybridized carbons (Fsp3) is 0.889. The summed E-state index contributed by atoms with van der Waals surface area (Å²) in [7, 11) is 0. The summed E-state index contributed by atoms with van der Waals surface area (Å²) in [6.45, 7) is 1.75. The van der Waals surface area contributed by atoms with Gasteiger partial charge in [0.05, 0.1) is 6.61 Å². The van der Waals surface area contributed by atoms with E-state index in [4.69, 9.17) is 4.74 Å². The average Bonchev–Trinajstić information content (AvgIpc) is 2.19. The van der Waals surface area contributed by atoms with E-state index < -0.39 is 18.0 Å². The van der Waals surface area contributed by atoms with Crippen LogP contribution >= 0.6 is 0 Å². The van der Waals surface area contributed by atoms with E-state index in [1.54, 1.807) is 0 Å². The number of alkyl halides is 2. The zero-order valence-corrected chi connectivity index (χ0v) is 8.09. The number of halogens is 2. The van der Waals surface area contributed by atoms with E-state index in [9.17, 15) is 13.6 Å². The Balaban J connectivity index is 2.57. The standard InChI is InChI=1S/C9H14F2O3/c1-2-13-8(12)9(10,11)7-5-3-4-6-14-7/h7H,2-6H2,1H3. The van der Waals surface area contributed by atoms with Crippen LogP contribution in [0.2, 0.25) is 0 Å². The van der Waals surface area contributed by atoms with Crippen molar-refractivity contribution in [3.05, 3.63) is 0 Å². The van der Waals surface area contributed by atoms with Crippen molar-refractivity contribution in [2.75, 3.05) is 13.2 Å². The number of hydrogen-bond acceptors (Lipinski definition) is 3. The Bertz CT molecular complexity index is 200. The Morgan fingerprint density at radius 1 is 1.57 bits per heavy atom. The van der Waals surface area contributed by atoms with E-state index in [1.165, 1.54) is 6.92 Å². The van der Waals surface area contributed by atoms with E-state index >= 15 is 0 Å². The third kappa shape index (κ3) is 2.41. The molecule has 0 bridgehead atoms. The highest BCUT2D eigenvalue weighted by molar-refractivity contribution is 5.78. The fourth-order valence-electron chi connectivity index (χ4n) is 1.39. The average molecular weight is 208 g/mol. The molecule has 82 valence electrons. The molecule has 0 N–H and O–H groups in total. The van der Waals surface area contributed by atoms with Gasteiger partial charge in [0.2, 0.25) is 0 Å². The molecule has 1 saturated heterocycles. The summed E-state index contributed by atoms with van der Waals surface area (Å²) >= 11 is 0. The van der Waals surface area contributed by atoms with E-state index in [2.05, 4.69) is 4.74 Å². The summed E-state index contributed by atoms with van der Waals surface area (Å²) in [4.78, 5) is 10.9. The lowest BCUT2D eigenvalue weighted by molar-refractivity contribution is -0.199. The molecule has 1 unspecified atom stereocenters. The van der Waals surface area contributed by atoms with Crippen LogP contribution < -0.4 is 0 Å². The molecule has 3 nitrogen and oxygen atoms in total. The van der Waals surface area contributed by atoms with Crippen LogP contribution in [0.25, 0.3) is 0 Å². The smallest absolute Gasteiger partial charge is 0.379 e. The summed E-state index contributed by atoms with van der Waals surface area (Å²) in [5, 5.41) is 0. The molecular weight excluding hydrogens is 194 g/mol. The predicted molar refractivity (Wildman–Crippen MR) is 45.2 cm³/mol. The van der Waals surface area contributed by atoms with Crippen LogP contribution in [0.5, 0.6) is 0 Å². The molecule has 0 aromatic rings. The first-order valence-electron chi connectivity index (χ1n) is 4.75. The van der Waals surface area contributed by atoms with Gasteiger partial charge in [-0.3, -0.25) is 0 Å². The molecule has 0 aromatic carbocycles. The highest BCUT2D eigenvalue weighted by atomic mass is 19.3. The van der Waals surface area contributed by atoms with Crippen molar-refractivity contribution in [3.8, 4) is 0 Å². The molecule has 1 rings (SSSR count). The molecule has 1 heterocycles. The van der Waals surface area contributed by atoms with E-state index in [1.807, 2.05) is 0 Å². The van der Waals surface area contributed by atoms with Gasteiger partial charge in [-0.1, -0.05) is 0 Å². The highest BCUT2D eigenvalue weighted by Gasteiger charge is 2.49. The normalized spacial score (nSPS) is 23.2. The van der Waals surface area contributed by atoms with Gasteiger partial charge in [0.1, 0.15) is 6.10 Å². The van der Waals surface area contributed by atoms with Gasteiger partial charge in [-0.25, -0.2) is 4.79 Å². The minimum absolute atomic E-state index is 0.0405. The summed E-state index contributed by atoms with van der Waals surface area (Å²) in [5.74, 6) is -4.98. The molecule has 14 heavy (non-hydrogen) atoms. The van der Waals surface area contributed by atoms with Crippen molar-refractivity contribution < 1.29 is 23.0 Å². The van der Waals surface area contributed by atoms with Crippen LogP contribution in [-0.2, 0) is 14.3 Å². The molecule has 0 spiro atoms. The highest BCUT2D eigenvalue weighted by Crippen LogP contribution is 2.29. The minimum Gasteiger partial charge on any atom is -0.461 e. The Hall–Kier alpha value is -0.710. The van der Waals surface area contributed by atoms with Crippen LogP contribution in [0.15, 0.2) is 0 Å². The Morgan fingerprint density at radius 3 is 2.79 bits per heavy atom. The number of carbonyl (C=O) groups excluding carboxylic acids is 1. The molecule has 0 aromatic heterocycles. The molecule has 1 aliphatic rings. The molecule has 0 saturated carbocycles. The van der Waals surface area contributed by atoms with E-state index in [0.717, 1.165) is 6.42 Å². The summed E-state index contributed by atoms with van der Waals surface area (Å²) in [5.41, 5.74) is 0. The van der Waals surface area contributed by atoms with Crippen LogP contribution in [-0.4, -0.2) is 31.2 Å². The number of rotatable bonds is 3. The zero-order valence-electron chi connectivity index (χ0n) is 8.09. The molecule has 0 radical (unpaired) electrons. The van der Waals surface area contributed by atoms with Gasteiger partial charge in [-0.2, -0.15) is 8.78 Å². The first-order chi connectivity index (χ1) is 6.59. The van der Waals surface area contributed by atoms with Crippen molar-refractivity contribution in [2.24, 2.45) is 0 Å². The first-order valence-corrected chi connectivity index (χ1v) is 4.75. The van der Waals surface area contributed by atoms with Crippen LogP contribution in [0.3, 0.4) is 0 Å². The van der Waals surface area contributed by atoms with Gasteiger partial charge >= 0.3 is 11.9 Å². The number of ether oxygens (including phenoxy) is 2. The lowest BCUT2D eigenvalue weighted by Gasteiger charge is -2.28. The maximum atomic E-state index is 13.3. The van der Waals surface area contributed by atoms with Gasteiger partial charge in [-0.05, 0) is 26.2 Å². The zero-order chi connectivity index (χ0) is 10.6. The quantitative estimate of drug-likeness (QED) is 0.663. The van der Waals surface area contributed by atoms with Crippen LogP contribution in [0.4, 0.5) is 8.78 Å².